The van der Waals surface area contributed by atoms with E-state index in [-0.39, 0.29) is 0 Å². The summed E-state index contributed by atoms with van der Waals surface area (Å²) >= 11 is 0. The second-order valence-corrected chi connectivity index (χ2v) is 9.17. The summed E-state index contributed by atoms with van der Waals surface area (Å²) in [6.07, 6.45) is 8.54. The van der Waals surface area contributed by atoms with Crippen molar-refractivity contribution in [2.24, 2.45) is 0 Å². The van der Waals surface area contributed by atoms with E-state index >= 15 is 0 Å². The highest BCUT2D eigenvalue weighted by Gasteiger charge is 2.20. The molecule has 0 amide bonds. The van der Waals surface area contributed by atoms with E-state index in [4.69, 9.17) is 4.74 Å². The Hall–Kier alpha value is -3.42. The molecule has 2 fully saturated rings. The molecule has 2 aromatic heterocycles. The van der Waals surface area contributed by atoms with Gasteiger partial charge in [-0.1, -0.05) is 24.3 Å². The van der Waals surface area contributed by atoms with Crippen LogP contribution in [0.3, 0.4) is 0 Å². The SMILES string of the molecule is c1cc(-c2cnc([C@@H]3CCCN3)[nH]2)ccc1COc1ccc(-c2cnc([C@@H]3CCCN3)[nH]2)cc1. The minimum atomic E-state index is 0.349. The first-order valence-corrected chi connectivity index (χ1v) is 12.2. The fraction of sp³-hybridized carbons (Fsp3) is 0.333. The maximum absolute atomic E-state index is 6.02. The first-order valence-electron chi connectivity index (χ1n) is 12.2. The Morgan fingerprint density at radius 3 is 1.74 bits per heavy atom. The summed E-state index contributed by atoms with van der Waals surface area (Å²) < 4.78 is 6.02. The Morgan fingerprint density at radius 2 is 1.24 bits per heavy atom. The van der Waals surface area contributed by atoms with E-state index in [2.05, 4.69) is 67.0 Å². The lowest BCUT2D eigenvalue weighted by molar-refractivity contribution is 0.306. The van der Waals surface area contributed by atoms with Crippen molar-refractivity contribution in [1.29, 1.82) is 0 Å². The van der Waals surface area contributed by atoms with E-state index < -0.39 is 0 Å². The van der Waals surface area contributed by atoms with Gasteiger partial charge in [-0.25, -0.2) is 9.97 Å². The van der Waals surface area contributed by atoms with Crippen molar-refractivity contribution in [1.82, 2.24) is 30.6 Å². The Balaban J connectivity index is 1.05. The summed E-state index contributed by atoms with van der Waals surface area (Å²) in [5.41, 5.74) is 5.47. The number of ether oxygens (including phenoxy) is 1. The van der Waals surface area contributed by atoms with Gasteiger partial charge in [0.1, 0.15) is 24.0 Å². The second kappa shape index (κ2) is 9.44. The van der Waals surface area contributed by atoms with E-state index in [0.717, 1.165) is 71.4 Å². The maximum Gasteiger partial charge on any atom is 0.123 e. The van der Waals surface area contributed by atoms with Crippen molar-refractivity contribution in [2.75, 3.05) is 13.1 Å². The summed E-state index contributed by atoms with van der Waals surface area (Å²) in [5.74, 6) is 2.91. The van der Waals surface area contributed by atoms with E-state index in [1.54, 1.807) is 0 Å². The second-order valence-electron chi connectivity index (χ2n) is 9.17. The van der Waals surface area contributed by atoms with Crippen LogP contribution in [-0.4, -0.2) is 33.0 Å². The quantitative estimate of drug-likeness (QED) is 0.319. The van der Waals surface area contributed by atoms with Crippen LogP contribution in [0.4, 0.5) is 0 Å². The lowest BCUT2D eigenvalue weighted by Crippen LogP contribution is -2.14. The highest BCUT2D eigenvalue weighted by Crippen LogP contribution is 2.27. The molecule has 0 unspecified atom stereocenters. The third kappa shape index (κ3) is 4.49. The van der Waals surface area contributed by atoms with Crippen molar-refractivity contribution in [3.63, 3.8) is 0 Å². The number of aromatic nitrogens is 4. The number of hydrogen-bond donors (Lipinski definition) is 4. The molecule has 0 aliphatic carbocycles. The van der Waals surface area contributed by atoms with Crippen molar-refractivity contribution in [3.05, 3.63) is 78.1 Å². The molecule has 2 atom stereocenters. The van der Waals surface area contributed by atoms with Gasteiger partial charge < -0.3 is 25.3 Å². The normalized spacial score (nSPS) is 20.1. The zero-order valence-electron chi connectivity index (χ0n) is 19.2. The molecule has 4 aromatic rings. The molecule has 6 rings (SSSR count). The van der Waals surface area contributed by atoms with Crippen LogP contribution in [0.5, 0.6) is 5.75 Å². The predicted molar refractivity (Wildman–Crippen MR) is 132 cm³/mol. The Kier molecular flexibility index (Phi) is 5.87. The fourth-order valence-corrected chi connectivity index (χ4v) is 4.83. The van der Waals surface area contributed by atoms with Gasteiger partial charge in [-0.15, -0.1) is 0 Å². The van der Waals surface area contributed by atoms with Crippen molar-refractivity contribution in [3.8, 4) is 28.3 Å². The Bertz CT molecular complexity index is 1120. The topological polar surface area (TPSA) is 90.7 Å². The average molecular weight is 455 g/mol. The lowest BCUT2D eigenvalue weighted by atomic mass is 10.1. The first kappa shape index (κ1) is 21.1. The van der Waals surface area contributed by atoms with Crippen LogP contribution in [0.15, 0.2) is 60.9 Å². The Morgan fingerprint density at radius 1 is 0.706 bits per heavy atom. The van der Waals surface area contributed by atoms with Gasteiger partial charge in [0.05, 0.1) is 35.9 Å². The zero-order chi connectivity index (χ0) is 22.7. The molecule has 4 heterocycles. The molecule has 0 saturated carbocycles. The van der Waals surface area contributed by atoms with E-state index in [0.29, 0.717) is 18.7 Å². The van der Waals surface area contributed by atoms with Gasteiger partial charge in [-0.05, 0) is 79.7 Å². The van der Waals surface area contributed by atoms with Gasteiger partial charge >= 0.3 is 0 Å². The van der Waals surface area contributed by atoms with E-state index in [9.17, 15) is 0 Å². The monoisotopic (exact) mass is 454 g/mol. The van der Waals surface area contributed by atoms with Crippen LogP contribution < -0.4 is 15.4 Å². The largest absolute Gasteiger partial charge is 0.489 e. The average Bonchev–Trinajstić information content (AvgIpc) is 3.70. The summed E-state index contributed by atoms with van der Waals surface area (Å²) in [6.45, 7) is 2.67. The molecule has 4 N–H and O–H groups in total. The van der Waals surface area contributed by atoms with Crippen LogP contribution in [-0.2, 0) is 6.61 Å². The number of aromatic amines is 2. The zero-order valence-corrected chi connectivity index (χ0v) is 19.2. The number of nitrogens with zero attached hydrogens (tertiary/aromatic N) is 2. The molecule has 0 radical (unpaired) electrons. The minimum absolute atomic E-state index is 0.349. The molecule has 174 valence electrons. The van der Waals surface area contributed by atoms with Crippen LogP contribution in [0, 0.1) is 0 Å². The van der Waals surface area contributed by atoms with Gasteiger partial charge in [-0.3, -0.25) is 0 Å². The smallest absolute Gasteiger partial charge is 0.123 e. The maximum atomic E-state index is 6.02. The molecular formula is C27H30N6O. The van der Waals surface area contributed by atoms with Crippen molar-refractivity contribution < 1.29 is 4.74 Å². The molecule has 34 heavy (non-hydrogen) atoms. The molecule has 2 aliphatic heterocycles. The molecule has 7 heteroatoms. The minimum Gasteiger partial charge on any atom is -0.489 e. The molecule has 0 spiro atoms. The van der Waals surface area contributed by atoms with E-state index in [1.807, 2.05) is 24.5 Å². The number of H-pyrrole nitrogens is 2. The van der Waals surface area contributed by atoms with E-state index in [1.165, 1.54) is 12.8 Å². The number of benzene rings is 2. The standard InChI is InChI=1S/C27H30N6O/c1-3-22(28-13-1)26-30-15-24(32-26)19-7-5-18(6-8-19)17-34-21-11-9-20(10-12-21)25-16-31-27(33-25)23-4-2-14-29-23/h5-12,15-16,22-23,28-29H,1-4,13-14,17H2,(H,30,32)(H,31,33)/t22-,23-/m0/s1. The summed E-state index contributed by atoms with van der Waals surface area (Å²) in [5, 5.41) is 6.97. The molecule has 2 aliphatic rings. The van der Waals surface area contributed by atoms with Crippen LogP contribution in [0.1, 0.15) is 55.0 Å². The van der Waals surface area contributed by atoms with Gasteiger partial charge in [0.15, 0.2) is 0 Å². The molecule has 0 bridgehead atoms. The lowest BCUT2D eigenvalue weighted by Gasteiger charge is -2.08. The number of nitrogens with one attached hydrogen (secondary N) is 4. The van der Waals surface area contributed by atoms with Gasteiger partial charge in [-0.2, -0.15) is 0 Å². The number of hydrogen-bond acceptors (Lipinski definition) is 5. The third-order valence-corrected chi connectivity index (χ3v) is 6.81. The highest BCUT2D eigenvalue weighted by molar-refractivity contribution is 5.60. The number of imidazole rings is 2. The van der Waals surface area contributed by atoms with Crippen molar-refractivity contribution in [2.45, 2.75) is 44.4 Å². The molecule has 2 saturated heterocycles. The Labute approximate surface area is 199 Å². The highest BCUT2D eigenvalue weighted by atomic mass is 16.5. The van der Waals surface area contributed by atoms with Gasteiger partial charge in [0.25, 0.3) is 0 Å². The molecular weight excluding hydrogens is 424 g/mol. The van der Waals surface area contributed by atoms with Crippen LogP contribution in [0.25, 0.3) is 22.5 Å². The van der Waals surface area contributed by atoms with Gasteiger partial charge in [0, 0.05) is 0 Å². The molecule has 2 aromatic carbocycles. The number of rotatable bonds is 7. The summed E-state index contributed by atoms with van der Waals surface area (Å²) in [7, 11) is 0. The first-order chi connectivity index (χ1) is 16.8. The van der Waals surface area contributed by atoms with Gasteiger partial charge in [0.2, 0.25) is 0 Å². The third-order valence-electron chi connectivity index (χ3n) is 6.81. The van der Waals surface area contributed by atoms with Crippen molar-refractivity contribution >= 4 is 0 Å². The summed E-state index contributed by atoms with van der Waals surface area (Å²) in [4.78, 5) is 16.1. The predicted octanol–water partition coefficient (Wildman–Crippen LogP) is 4.89. The van der Waals surface area contributed by atoms with Crippen LogP contribution in [0.2, 0.25) is 0 Å². The molecule has 7 nitrogen and oxygen atoms in total. The summed E-state index contributed by atoms with van der Waals surface area (Å²) in [6, 6.07) is 17.4. The van der Waals surface area contributed by atoms with Crippen LogP contribution >= 0.6 is 0 Å². The fourth-order valence-electron chi connectivity index (χ4n) is 4.83.